The fourth-order valence-corrected chi connectivity index (χ4v) is 1.48. The molecule has 1 aliphatic rings. The molecule has 2 heteroatoms. The molecule has 2 rings (SSSR count). The van der Waals surface area contributed by atoms with Gasteiger partial charge in [0, 0.05) is 18.9 Å². The van der Waals surface area contributed by atoms with Crippen molar-refractivity contribution in [3.63, 3.8) is 0 Å². The predicted molar refractivity (Wildman–Crippen MR) is 53.2 cm³/mol. The van der Waals surface area contributed by atoms with E-state index in [1.54, 1.807) is 0 Å². The second-order valence-electron chi connectivity index (χ2n) is 3.59. The Morgan fingerprint density at radius 1 is 1.62 bits per heavy atom. The van der Waals surface area contributed by atoms with Gasteiger partial charge >= 0.3 is 0 Å². The van der Waals surface area contributed by atoms with Gasteiger partial charge in [0.25, 0.3) is 0 Å². The van der Waals surface area contributed by atoms with E-state index >= 15 is 0 Å². The first-order chi connectivity index (χ1) is 6.34. The molecule has 0 amide bonds. The average molecular weight is 174 g/mol. The van der Waals surface area contributed by atoms with Crippen LogP contribution in [-0.2, 0) is 6.54 Å². The maximum absolute atomic E-state index is 4.01. The largest absolute Gasteiger partial charge is 0.333 e. The molecule has 2 nitrogen and oxygen atoms in total. The molecule has 1 aromatic heterocycles. The number of hydrogen-bond donors (Lipinski definition) is 0. The highest BCUT2D eigenvalue weighted by molar-refractivity contribution is 5.23. The van der Waals surface area contributed by atoms with Gasteiger partial charge in [-0.2, -0.15) is 0 Å². The topological polar surface area (TPSA) is 17.8 Å². The lowest BCUT2D eigenvalue weighted by Gasteiger charge is -2.11. The van der Waals surface area contributed by atoms with E-state index in [1.165, 1.54) is 12.0 Å². The molecular formula is C11H14N2. The van der Waals surface area contributed by atoms with Gasteiger partial charge in [-0.1, -0.05) is 25.2 Å². The highest BCUT2D eigenvalue weighted by Gasteiger charge is 2.03. The summed E-state index contributed by atoms with van der Waals surface area (Å²) in [6.07, 6.45) is 13.6. The van der Waals surface area contributed by atoms with E-state index in [4.69, 9.17) is 0 Å². The van der Waals surface area contributed by atoms with Gasteiger partial charge in [0.1, 0.15) is 0 Å². The Balaban J connectivity index is 2.01. The summed E-state index contributed by atoms with van der Waals surface area (Å²) >= 11 is 0. The van der Waals surface area contributed by atoms with Gasteiger partial charge in [-0.3, -0.25) is 0 Å². The van der Waals surface area contributed by atoms with Crippen LogP contribution in [0.5, 0.6) is 0 Å². The van der Waals surface area contributed by atoms with E-state index in [2.05, 4.69) is 34.7 Å². The number of nitrogens with zero attached hydrogens (tertiary/aromatic N) is 2. The summed E-state index contributed by atoms with van der Waals surface area (Å²) in [4.78, 5) is 4.01. The second-order valence-corrected chi connectivity index (χ2v) is 3.59. The van der Waals surface area contributed by atoms with E-state index in [-0.39, 0.29) is 0 Å². The fourth-order valence-electron chi connectivity index (χ4n) is 1.48. The van der Waals surface area contributed by atoms with Crippen LogP contribution in [0.2, 0.25) is 0 Å². The molecule has 13 heavy (non-hydrogen) atoms. The monoisotopic (exact) mass is 174 g/mol. The number of aromatic nitrogens is 2. The van der Waals surface area contributed by atoms with Crippen LogP contribution >= 0.6 is 0 Å². The molecule has 0 bridgehead atoms. The Morgan fingerprint density at radius 2 is 2.54 bits per heavy atom. The molecule has 1 aliphatic carbocycles. The van der Waals surface area contributed by atoms with Crippen molar-refractivity contribution in [3.8, 4) is 0 Å². The molecule has 0 spiro atoms. The number of imidazole rings is 1. The van der Waals surface area contributed by atoms with Gasteiger partial charge in [0.2, 0.25) is 0 Å². The highest BCUT2D eigenvalue weighted by atomic mass is 15.0. The van der Waals surface area contributed by atoms with Crippen molar-refractivity contribution in [1.29, 1.82) is 0 Å². The van der Waals surface area contributed by atoms with Crippen LogP contribution in [-0.4, -0.2) is 9.55 Å². The molecule has 0 saturated heterocycles. The summed E-state index contributed by atoms with van der Waals surface area (Å²) < 4.78 is 2.09. The van der Waals surface area contributed by atoms with Gasteiger partial charge in [-0.15, -0.1) is 0 Å². The van der Waals surface area contributed by atoms with Crippen molar-refractivity contribution in [1.82, 2.24) is 9.55 Å². The number of hydrogen-bond acceptors (Lipinski definition) is 1. The quantitative estimate of drug-likeness (QED) is 0.673. The van der Waals surface area contributed by atoms with Crippen LogP contribution < -0.4 is 0 Å². The van der Waals surface area contributed by atoms with Crippen LogP contribution in [0.3, 0.4) is 0 Å². The van der Waals surface area contributed by atoms with E-state index < -0.39 is 0 Å². The first-order valence-electron chi connectivity index (χ1n) is 4.67. The molecule has 0 fully saturated rings. The number of rotatable bonds is 2. The van der Waals surface area contributed by atoms with Crippen molar-refractivity contribution >= 4 is 0 Å². The molecule has 0 aromatic carbocycles. The second kappa shape index (κ2) is 3.60. The van der Waals surface area contributed by atoms with Gasteiger partial charge in [-0.05, 0) is 17.9 Å². The average Bonchev–Trinajstić information content (AvgIpc) is 2.62. The van der Waals surface area contributed by atoms with Crippen molar-refractivity contribution < 1.29 is 0 Å². The molecule has 0 N–H and O–H groups in total. The van der Waals surface area contributed by atoms with Crippen LogP contribution in [0.4, 0.5) is 0 Å². The van der Waals surface area contributed by atoms with E-state index in [9.17, 15) is 0 Å². The minimum Gasteiger partial charge on any atom is -0.333 e. The van der Waals surface area contributed by atoms with Gasteiger partial charge in [0.15, 0.2) is 0 Å². The van der Waals surface area contributed by atoms with Crippen molar-refractivity contribution in [2.75, 3.05) is 0 Å². The lowest BCUT2D eigenvalue weighted by molar-refractivity contribution is 0.709. The standard InChI is InChI=1S/C11H14N2/c1-10-2-4-11(5-3-10)8-13-7-6-12-9-13/h2,4-7,9-10H,3,8H2,1H3. The SMILES string of the molecule is CC1C=CC(Cn2ccnc2)=CC1. The Kier molecular flexibility index (Phi) is 2.30. The van der Waals surface area contributed by atoms with Crippen LogP contribution in [0, 0.1) is 5.92 Å². The normalized spacial score (nSPS) is 21.6. The van der Waals surface area contributed by atoms with Gasteiger partial charge in [-0.25, -0.2) is 4.98 Å². The molecule has 0 saturated carbocycles. The molecule has 1 heterocycles. The summed E-state index contributed by atoms with van der Waals surface area (Å²) in [6, 6.07) is 0. The summed E-state index contributed by atoms with van der Waals surface area (Å²) in [6.45, 7) is 3.18. The molecule has 1 aromatic rings. The first-order valence-corrected chi connectivity index (χ1v) is 4.67. The Hall–Kier alpha value is -1.31. The summed E-state index contributed by atoms with van der Waals surface area (Å²) in [5.74, 6) is 0.700. The fraction of sp³-hybridized carbons (Fsp3) is 0.364. The maximum atomic E-state index is 4.01. The van der Waals surface area contributed by atoms with E-state index in [1.807, 2.05) is 18.7 Å². The van der Waals surface area contributed by atoms with Crippen molar-refractivity contribution in [3.05, 3.63) is 42.5 Å². The molecule has 0 radical (unpaired) electrons. The zero-order chi connectivity index (χ0) is 9.10. The summed E-state index contributed by atoms with van der Waals surface area (Å²) in [5.41, 5.74) is 1.39. The molecule has 1 atom stereocenters. The van der Waals surface area contributed by atoms with Gasteiger partial charge < -0.3 is 4.57 Å². The van der Waals surface area contributed by atoms with E-state index in [0.29, 0.717) is 5.92 Å². The van der Waals surface area contributed by atoms with E-state index in [0.717, 1.165) is 6.54 Å². The molecular weight excluding hydrogens is 160 g/mol. The van der Waals surface area contributed by atoms with Crippen LogP contribution in [0.1, 0.15) is 13.3 Å². The van der Waals surface area contributed by atoms with Gasteiger partial charge in [0.05, 0.1) is 6.33 Å². The Bertz CT molecular complexity index is 320. The third kappa shape index (κ3) is 2.08. The third-order valence-electron chi connectivity index (χ3n) is 2.31. The van der Waals surface area contributed by atoms with Crippen LogP contribution in [0.25, 0.3) is 0 Å². The molecule has 68 valence electrons. The minimum atomic E-state index is 0.700. The van der Waals surface area contributed by atoms with Crippen molar-refractivity contribution in [2.24, 2.45) is 5.92 Å². The maximum Gasteiger partial charge on any atom is 0.0949 e. The number of allylic oxidation sites excluding steroid dienone is 4. The van der Waals surface area contributed by atoms with Crippen LogP contribution in [0.15, 0.2) is 42.5 Å². The lowest BCUT2D eigenvalue weighted by atomic mass is 9.98. The predicted octanol–water partition coefficient (Wildman–Crippen LogP) is 2.41. The lowest BCUT2D eigenvalue weighted by Crippen LogP contribution is -2.01. The van der Waals surface area contributed by atoms with Crippen molar-refractivity contribution in [2.45, 2.75) is 19.9 Å². The highest BCUT2D eigenvalue weighted by Crippen LogP contribution is 2.16. The molecule has 0 aliphatic heterocycles. The minimum absolute atomic E-state index is 0.700. The summed E-state index contributed by atoms with van der Waals surface area (Å²) in [7, 11) is 0. The zero-order valence-electron chi connectivity index (χ0n) is 7.85. The third-order valence-corrected chi connectivity index (χ3v) is 2.31. The first kappa shape index (κ1) is 8.30. The molecule has 1 unspecified atom stereocenters. The summed E-state index contributed by atoms with van der Waals surface area (Å²) in [5, 5.41) is 0. The zero-order valence-corrected chi connectivity index (χ0v) is 7.85. The smallest absolute Gasteiger partial charge is 0.0949 e. The Labute approximate surface area is 78.6 Å². The Morgan fingerprint density at radius 3 is 3.15 bits per heavy atom.